The van der Waals surface area contributed by atoms with Gasteiger partial charge in [0, 0.05) is 5.56 Å². The minimum Gasteiger partial charge on any atom is -0.192 e. The second-order valence-corrected chi connectivity index (χ2v) is 3.00. The van der Waals surface area contributed by atoms with Crippen LogP contribution >= 0.6 is 0 Å². The maximum Gasteiger partial charge on any atom is 0.113 e. The summed E-state index contributed by atoms with van der Waals surface area (Å²) in [6.45, 7) is 0. The molecule has 1 aromatic carbocycles. The van der Waals surface area contributed by atoms with Crippen molar-refractivity contribution < 1.29 is 0 Å². The van der Waals surface area contributed by atoms with Crippen molar-refractivity contribution in [3.8, 4) is 23.4 Å². The van der Waals surface area contributed by atoms with Crippen LogP contribution in [0.25, 0.3) is 11.3 Å². The van der Waals surface area contributed by atoms with Crippen LogP contribution in [0, 0.1) is 28.9 Å². The van der Waals surface area contributed by atoms with Gasteiger partial charge in [0.1, 0.15) is 6.20 Å². The quantitative estimate of drug-likeness (QED) is 0.710. The molecule has 4 heteroatoms. The molecule has 0 spiro atoms. The number of aromatic nitrogens is 2. The molecule has 4 nitrogen and oxygen atoms in total. The Morgan fingerprint density at radius 3 is 2.25 bits per heavy atom. The van der Waals surface area contributed by atoms with Gasteiger partial charge < -0.3 is 0 Å². The minimum absolute atomic E-state index is 0.416. The van der Waals surface area contributed by atoms with Crippen molar-refractivity contribution in [3.05, 3.63) is 47.7 Å². The summed E-state index contributed by atoms with van der Waals surface area (Å²) < 4.78 is 0. The van der Waals surface area contributed by atoms with Gasteiger partial charge in [-0.1, -0.05) is 6.07 Å². The molecular weight excluding hydrogens is 200 g/mol. The molecule has 0 unspecified atom stereocenters. The van der Waals surface area contributed by atoms with Crippen LogP contribution in [0.5, 0.6) is 0 Å². The van der Waals surface area contributed by atoms with Gasteiger partial charge >= 0.3 is 0 Å². The Kier molecular flexibility index (Phi) is 2.58. The van der Waals surface area contributed by atoms with E-state index in [1.807, 2.05) is 12.1 Å². The highest BCUT2D eigenvalue weighted by Gasteiger charge is 2.11. The first kappa shape index (κ1) is 9.82. The van der Waals surface area contributed by atoms with Gasteiger partial charge in [-0.25, -0.2) is 0 Å². The molecule has 0 N–H and O–H groups in total. The lowest BCUT2D eigenvalue weighted by atomic mass is 9.99. The summed E-state index contributed by atoms with van der Waals surface area (Å²) in [5, 5.41) is 25.4. The van der Waals surface area contributed by atoms with Gasteiger partial charge in [0.25, 0.3) is 0 Å². The molecule has 0 atom stereocenters. The van der Waals surface area contributed by atoms with Crippen LogP contribution in [0.2, 0.25) is 0 Å². The Hall–Kier alpha value is -2.72. The number of hydrogen-bond donors (Lipinski definition) is 0. The van der Waals surface area contributed by atoms with Crippen LogP contribution in [-0.2, 0) is 0 Å². The van der Waals surface area contributed by atoms with E-state index in [-0.39, 0.29) is 0 Å². The fraction of sp³-hybridized carbons (Fsp3) is 0. The zero-order chi connectivity index (χ0) is 11.4. The van der Waals surface area contributed by atoms with E-state index in [1.165, 1.54) is 0 Å². The Morgan fingerprint density at radius 1 is 1.06 bits per heavy atom. The fourth-order valence-corrected chi connectivity index (χ4v) is 1.41. The van der Waals surface area contributed by atoms with Gasteiger partial charge in [-0.3, -0.25) is 0 Å². The average molecular weight is 205 g/mol. The fourth-order valence-electron chi connectivity index (χ4n) is 1.41. The maximum atomic E-state index is 8.98. The van der Waals surface area contributed by atoms with Gasteiger partial charge in [0.2, 0.25) is 0 Å². The highest BCUT2D eigenvalue weighted by atomic mass is 15.1. The Balaban J connectivity index is 2.74. The van der Waals surface area contributed by atoms with Crippen molar-refractivity contribution in [3.63, 3.8) is 0 Å². The lowest BCUT2D eigenvalue weighted by molar-refractivity contribution is 1.03. The van der Waals surface area contributed by atoms with Crippen LogP contribution < -0.4 is 0 Å². The summed E-state index contributed by atoms with van der Waals surface area (Å²) in [5.74, 6) is 0. The van der Waals surface area contributed by atoms with Crippen molar-refractivity contribution in [1.29, 1.82) is 10.5 Å². The summed E-state index contributed by atoms with van der Waals surface area (Å²) in [6, 6.07) is 12.3. The normalized spacial score (nSPS) is 9.12. The first-order chi connectivity index (χ1) is 7.86. The molecule has 0 saturated carbocycles. The standard InChI is InChI=1S/C12H5N4/c13-7-9-3-1-4-10(8-14)12(9)11-5-2-6-15-16-11/h1-5H. The molecule has 1 radical (unpaired) electrons. The number of rotatable bonds is 1. The second-order valence-electron chi connectivity index (χ2n) is 3.00. The van der Waals surface area contributed by atoms with Crippen molar-refractivity contribution in [2.45, 2.75) is 0 Å². The van der Waals surface area contributed by atoms with Crippen LogP contribution in [0.4, 0.5) is 0 Å². The molecule has 2 aromatic rings. The van der Waals surface area contributed by atoms with Gasteiger partial charge in [0.15, 0.2) is 0 Å². The summed E-state index contributed by atoms with van der Waals surface area (Å²) in [5.41, 5.74) is 1.86. The van der Waals surface area contributed by atoms with Crippen LogP contribution in [0.3, 0.4) is 0 Å². The van der Waals surface area contributed by atoms with E-state index in [4.69, 9.17) is 10.5 Å². The SMILES string of the molecule is N#Cc1cccc(C#N)c1-c1cc[c]nn1. The second kappa shape index (κ2) is 4.20. The van der Waals surface area contributed by atoms with Gasteiger partial charge in [-0.15, -0.1) is 10.2 Å². The third-order valence-corrected chi connectivity index (χ3v) is 2.09. The van der Waals surface area contributed by atoms with E-state index in [0.717, 1.165) is 0 Å². The molecule has 73 valence electrons. The lowest BCUT2D eigenvalue weighted by Gasteiger charge is -2.03. The Morgan fingerprint density at radius 2 is 1.75 bits per heavy atom. The summed E-state index contributed by atoms with van der Waals surface area (Å²) in [6.07, 6.45) is 2.55. The minimum atomic E-state index is 0.416. The molecule has 16 heavy (non-hydrogen) atoms. The largest absolute Gasteiger partial charge is 0.192 e. The average Bonchev–Trinajstić information content (AvgIpc) is 2.38. The number of nitriles is 2. The topological polar surface area (TPSA) is 73.4 Å². The monoisotopic (exact) mass is 205 g/mol. The molecule has 0 fully saturated rings. The smallest absolute Gasteiger partial charge is 0.113 e. The summed E-state index contributed by atoms with van der Waals surface area (Å²) in [4.78, 5) is 0. The molecule has 0 amide bonds. The van der Waals surface area contributed by atoms with Crippen molar-refractivity contribution >= 4 is 0 Å². The molecule has 2 rings (SSSR count). The van der Waals surface area contributed by atoms with Crippen LogP contribution in [0.1, 0.15) is 11.1 Å². The van der Waals surface area contributed by atoms with Crippen LogP contribution in [-0.4, -0.2) is 10.2 Å². The predicted octanol–water partition coefficient (Wildman–Crippen LogP) is 1.69. The third-order valence-electron chi connectivity index (χ3n) is 2.09. The Labute approximate surface area is 92.4 Å². The molecule has 1 aromatic heterocycles. The zero-order valence-electron chi connectivity index (χ0n) is 8.18. The van der Waals surface area contributed by atoms with E-state index in [1.54, 1.807) is 30.3 Å². The Bertz CT molecular complexity index is 558. The predicted molar refractivity (Wildman–Crippen MR) is 55.7 cm³/mol. The van der Waals surface area contributed by atoms with E-state index >= 15 is 0 Å². The van der Waals surface area contributed by atoms with Crippen molar-refractivity contribution in [2.24, 2.45) is 0 Å². The number of benzene rings is 1. The number of nitrogens with zero attached hydrogens (tertiary/aromatic N) is 4. The first-order valence-electron chi connectivity index (χ1n) is 4.50. The van der Waals surface area contributed by atoms with Crippen LogP contribution in [0.15, 0.2) is 30.3 Å². The maximum absolute atomic E-state index is 8.98. The zero-order valence-corrected chi connectivity index (χ0v) is 8.18. The van der Waals surface area contributed by atoms with Crippen molar-refractivity contribution in [2.75, 3.05) is 0 Å². The van der Waals surface area contributed by atoms with E-state index in [0.29, 0.717) is 22.4 Å². The highest BCUT2D eigenvalue weighted by Crippen LogP contribution is 2.24. The molecule has 0 aliphatic rings. The summed E-state index contributed by atoms with van der Waals surface area (Å²) >= 11 is 0. The molecule has 0 bridgehead atoms. The van der Waals surface area contributed by atoms with Gasteiger partial charge in [0.05, 0.1) is 29.0 Å². The lowest BCUT2D eigenvalue weighted by Crippen LogP contribution is -1.93. The van der Waals surface area contributed by atoms with E-state index in [9.17, 15) is 0 Å². The molecule has 0 aliphatic carbocycles. The van der Waals surface area contributed by atoms with E-state index in [2.05, 4.69) is 16.4 Å². The molecule has 0 aliphatic heterocycles. The summed E-state index contributed by atoms with van der Waals surface area (Å²) in [7, 11) is 0. The van der Waals surface area contributed by atoms with Crippen molar-refractivity contribution in [1.82, 2.24) is 10.2 Å². The first-order valence-corrected chi connectivity index (χ1v) is 4.50. The molecular formula is C12H5N4. The van der Waals surface area contributed by atoms with Gasteiger partial charge in [-0.2, -0.15) is 10.5 Å². The third kappa shape index (κ3) is 1.60. The van der Waals surface area contributed by atoms with Gasteiger partial charge in [-0.05, 0) is 24.3 Å². The number of hydrogen-bond acceptors (Lipinski definition) is 4. The molecule has 1 heterocycles. The molecule has 0 saturated heterocycles. The van der Waals surface area contributed by atoms with E-state index < -0.39 is 0 Å². The highest BCUT2D eigenvalue weighted by molar-refractivity contribution is 5.73.